The molecule has 108 valence electrons. The third-order valence-corrected chi connectivity index (χ3v) is 4.43. The standard InChI is InChI=1S/C14H23BrClN3/c1-18(2)7-4-8-19(3)14(10-17)11-5-6-12(15)13(16)9-11/h5-6,9,14H,4,7-8,10,17H2,1-3H3. The van der Waals surface area contributed by atoms with E-state index in [1.165, 1.54) is 5.56 Å². The predicted molar refractivity (Wildman–Crippen MR) is 86.7 cm³/mol. The van der Waals surface area contributed by atoms with E-state index in [2.05, 4.69) is 52.9 Å². The fourth-order valence-electron chi connectivity index (χ4n) is 2.08. The fourth-order valence-corrected chi connectivity index (χ4v) is 2.52. The Bertz CT molecular complexity index is 398. The molecule has 1 atom stereocenters. The highest BCUT2D eigenvalue weighted by atomic mass is 79.9. The Morgan fingerprint density at radius 3 is 2.47 bits per heavy atom. The van der Waals surface area contributed by atoms with Crippen molar-refractivity contribution < 1.29 is 0 Å². The molecule has 0 aliphatic carbocycles. The maximum absolute atomic E-state index is 6.15. The second kappa shape index (κ2) is 8.22. The van der Waals surface area contributed by atoms with E-state index in [4.69, 9.17) is 17.3 Å². The third-order valence-electron chi connectivity index (χ3n) is 3.20. The zero-order valence-corrected chi connectivity index (χ0v) is 14.2. The van der Waals surface area contributed by atoms with Crippen LogP contribution in [0, 0.1) is 0 Å². The zero-order valence-electron chi connectivity index (χ0n) is 11.9. The van der Waals surface area contributed by atoms with Crippen LogP contribution in [-0.4, -0.2) is 50.6 Å². The van der Waals surface area contributed by atoms with Crippen LogP contribution in [0.15, 0.2) is 22.7 Å². The van der Waals surface area contributed by atoms with E-state index >= 15 is 0 Å². The summed E-state index contributed by atoms with van der Waals surface area (Å²) in [5.41, 5.74) is 7.09. The number of nitrogens with zero attached hydrogens (tertiary/aromatic N) is 2. The van der Waals surface area contributed by atoms with Crippen LogP contribution in [0.25, 0.3) is 0 Å². The molecule has 1 unspecified atom stereocenters. The van der Waals surface area contributed by atoms with Crippen molar-refractivity contribution in [3.8, 4) is 0 Å². The van der Waals surface area contributed by atoms with Crippen LogP contribution in [0.1, 0.15) is 18.0 Å². The van der Waals surface area contributed by atoms with Crippen LogP contribution in [-0.2, 0) is 0 Å². The summed E-state index contributed by atoms with van der Waals surface area (Å²) in [6.45, 7) is 2.70. The predicted octanol–water partition coefficient (Wildman–Crippen LogP) is 2.99. The first-order chi connectivity index (χ1) is 8.95. The molecule has 0 radical (unpaired) electrons. The highest BCUT2D eigenvalue weighted by molar-refractivity contribution is 9.10. The van der Waals surface area contributed by atoms with E-state index in [9.17, 15) is 0 Å². The molecule has 5 heteroatoms. The van der Waals surface area contributed by atoms with E-state index in [1.54, 1.807) is 0 Å². The second-order valence-corrected chi connectivity index (χ2v) is 6.32. The molecule has 0 saturated heterocycles. The van der Waals surface area contributed by atoms with E-state index in [0.717, 1.165) is 29.0 Å². The largest absolute Gasteiger partial charge is 0.329 e. The molecule has 3 nitrogen and oxygen atoms in total. The van der Waals surface area contributed by atoms with Gasteiger partial charge in [-0.3, -0.25) is 4.90 Å². The van der Waals surface area contributed by atoms with Gasteiger partial charge in [0.05, 0.1) is 5.02 Å². The number of hydrogen-bond acceptors (Lipinski definition) is 3. The Balaban J connectivity index is 2.67. The second-order valence-electron chi connectivity index (χ2n) is 5.06. The molecule has 1 aromatic rings. The lowest BCUT2D eigenvalue weighted by atomic mass is 10.1. The Morgan fingerprint density at radius 2 is 1.95 bits per heavy atom. The van der Waals surface area contributed by atoms with Crippen molar-refractivity contribution in [3.05, 3.63) is 33.3 Å². The van der Waals surface area contributed by atoms with Gasteiger partial charge in [0.25, 0.3) is 0 Å². The molecule has 2 N–H and O–H groups in total. The number of hydrogen-bond donors (Lipinski definition) is 1. The summed E-state index contributed by atoms with van der Waals surface area (Å²) in [4.78, 5) is 4.49. The number of likely N-dealkylation sites (N-methyl/N-ethyl adjacent to an activating group) is 1. The van der Waals surface area contributed by atoms with Crippen LogP contribution < -0.4 is 5.73 Å². The van der Waals surface area contributed by atoms with Gasteiger partial charge in [-0.2, -0.15) is 0 Å². The van der Waals surface area contributed by atoms with Crippen LogP contribution in [0.3, 0.4) is 0 Å². The molecule has 0 aliphatic heterocycles. The molecule has 0 fully saturated rings. The van der Waals surface area contributed by atoms with Crippen molar-refractivity contribution in [3.63, 3.8) is 0 Å². The molecule has 0 heterocycles. The fraction of sp³-hybridized carbons (Fsp3) is 0.571. The van der Waals surface area contributed by atoms with Crippen molar-refractivity contribution in [1.29, 1.82) is 0 Å². The van der Waals surface area contributed by atoms with Gasteiger partial charge in [0.15, 0.2) is 0 Å². The van der Waals surface area contributed by atoms with Gasteiger partial charge < -0.3 is 10.6 Å². The van der Waals surface area contributed by atoms with Gasteiger partial charge in [0.1, 0.15) is 0 Å². The highest BCUT2D eigenvalue weighted by Crippen LogP contribution is 2.27. The summed E-state index contributed by atoms with van der Waals surface area (Å²) in [7, 11) is 6.30. The molecule has 1 rings (SSSR count). The molecule has 0 spiro atoms. The van der Waals surface area contributed by atoms with E-state index in [1.807, 2.05) is 12.1 Å². The number of nitrogens with two attached hydrogens (primary N) is 1. The SMILES string of the molecule is CN(C)CCCN(C)C(CN)c1ccc(Br)c(Cl)c1. The molecule has 1 aromatic carbocycles. The number of benzene rings is 1. The van der Waals surface area contributed by atoms with Gasteiger partial charge in [-0.05, 0) is 74.3 Å². The minimum absolute atomic E-state index is 0.216. The van der Waals surface area contributed by atoms with Crippen molar-refractivity contribution in [1.82, 2.24) is 9.80 Å². The smallest absolute Gasteiger partial charge is 0.0551 e. The number of rotatable bonds is 7. The average Bonchev–Trinajstić information content (AvgIpc) is 2.34. The van der Waals surface area contributed by atoms with Gasteiger partial charge in [-0.25, -0.2) is 0 Å². The normalized spacial score (nSPS) is 13.3. The topological polar surface area (TPSA) is 32.5 Å². The van der Waals surface area contributed by atoms with E-state index < -0.39 is 0 Å². The lowest BCUT2D eigenvalue weighted by Crippen LogP contribution is -2.32. The minimum atomic E-state index is 0.216. The summed E-state index contributed by atoms with van der Waals surface area (Å²) in [5.74, 6) is 0. The molecule has 0 saturated carbocycles. The van der Waals surface area contributed by atoms with Crippen molar-refractivity contribution >= 4 is 27.5 Å². The Kier molecular flexibility index (Phi) is 7.32. The number of halogens is 2. The van der Waals surface area contributed by atoms with Crippen LogP contribution in [0.2, 0.25) is 5.02 Å². The molecule has 0 amide bonds. The van der Waals surface area contributed by atoms with Crippen LogP contribution >= 0.6 is 27.5 Å². The van der Waals surface area contributed by atoms with Crippen molar-refractivity contribution in [2.75, 3.05) is 40.8 Å². The lowest BCUT2D eigenvalue weighted by Gasteiger charge is -2.28. The van der Waals surface area contributed by atoms with Gasteiger partial charge in [-0.1, -0.05) is 17.7 Å². The van der Waals surface area contributed by atoms with Crippen molar-refractivity contribution in [2.24, 2.45) is 5.73 Å². The average molecular weight is 349 g/mol. The summed E-state index contributed by atoms with van der Waals surface area (Å²) in [6.07, 6.45) is 1.13. The zero-order chi connectivity index (χ0) is 14.4. The van der Waals surface area contributed by atoms with E-state index in [-0.39, 0.29) is 6.04 Å². The van der Waals surface area contributed by atoms with Crippen LogP contribution in [0.5, 0.6) is 0 Å². The minimum Gasteiger partial charge on any atom is -0.329 e. The molecule has 0 aromatic heterocycles. The monoisotopic (exact) mass is 347 g/mol. The van der Waals surface area contributed by atoms with Gasteiger partial charge in [0.2, 0.25) is 0 Å². The van der Waals surface area contributed by atoms with Gasteiger partial charge in [0, 0.05) is 17.1 Å². The van der Waals surface area contributed by atoms with Gasteiger partial charge >= 0.3 is 0 Å². The first kappa shape index (κ1) is 16.9. The summed E-state index contributed by atoms with van der Waals surface area (Å²) in [5, 5.41) is 0.734. The third kappa shape index (κ3) is 5.40. The Labute approximate surface area is 129 Å². The van der Waals surface area contributed by atoms with Crippen LogP contribution in [0.4, 0.5) is 0 Å². The maximum atomic E-state index is 6.15. The maximum Gasteiger partial charge on any atom is 0.0551 e. The molecule has 19 heavy (non-hydrogen) atoms. The molecule has 0 aliphatic rings. The molecule has 0 bridgehead atoms. The molecular weight excluding hydrogens is 326 g/mol. The summed E-state index contributed by atoms with van der Waals surface area (Å²) in [6, 6.07) is 6.27. The first-order valence-corrected chi connectivity index (χ1v) is 7.62. The Morgan fingerprint density at radius 1 is 1.26 bits per heavy atom. The quantitative estimate of drug-likeness (QED) is 0.822. The first-order valence-electron chi connectivity index (χ1n) is 6.45. The summed E-state index contributed by atoms with van der Waals surface area (Å²) >= 11 is 9.57. The summed E-state index contributed by atoms with van der Waals surface area (Å²) < 4.78 is 0.920. The van der Waals surface area contributed by atoms with Gasteiger partial charge in [-0.15, -0.1) is 0 Å². The Hall–Kier alpha value is -0.130. The van der Waals surface area contributed by atoms with E-state index in [0.29, 0.717) is 6.54 Å². The molecular formula is C14H23BrClN3. The highest BCUT2D eigenvalue weighted by Gasteiger charge is 2.16. The van der Waals surface area contributed by atoms with Crippen molar-refractivity contribution in [2.45, 2.75) is 12.5 Å². The lowest BCUT2D eigenvalue weighted by molar-refractivity contribution is 0.235.